The number of amides is 1. The van der Waals surface area contributed by atoms with E-state index in [9.17, 15) is 22.4 Å². The lowest BCUT2D eigenvalue weighted by Crippen LogP contribution is -2.36. The average molecular weight is 471 g/mol. The van der Waals surface area contributed by atoms with E-state index >= 15 is 0 Å². The van der Waals surface area contributed by atoms with E-state index in [0.717, 1.165) is 0 Å². The highest BCUT2D eigenvalue weighted by atomic mass is 19.4. The van der Waals surface area contributed by atoms with Crippen LogP contribution in [0.5, 0.6) is 0 Å². The Kier molecular flexibility index (Phi) is 6.10. The molecule has 0 aliphatic carbocycles. The van der Waals surface area contributed by atoms with Gasteiger partial charge in [0.2, 0.25) is 5.95 Å². The first-order valence-corrected chi connectivity index (χ1v) is 10.0. The third kappa shape index (κ3) is 5.32. The fourth-order valence-electron chi connectivity index (χ4n) is 3.36. The fraction of sp³-hybridized carbons (Fsp3) is 0.474. The van der Waals surface area contributed by atoms with E-state index in [1.165, 1.54) is 28.9 Å². The summed E-state index contributed by atoms with van der Waals surface area (Å²) in [5, 5.41) is 12.1. The fourth-order valence-corrected chi connectivity index (χ4v) is 3.36. The van der Waals surface area contributed by atoms with Crippen LogP contribution < -0.4 is 10.6 Å². The number of aromatic nitrogens is 5. The number of rotatable bonds is 6. The van der Waals surface area contributed by atoms with Gasteiger partial charge < -0.3 is 20.1 Å². The van der Waals surface area contributed by atoms with E-state index < -0.39 is 37.1 Å². The number of fused-ring (bicyclic) bond motifs is 1. The van der Waals surface area contributed by atoms with Crippen molar-refractivity contribution in [2.45, 2.75) is 50.9 Å². The Morgan fingerprint density at radius 3 is 2.94 bits per heavy atom. The number of halogens is 4. The molecule has 4 heterocycles. The lowest BCUT2D eigenvalue weighted by Gasteiger charge is -2.16. The van der Waals surface area contributed by atoms with Gasteiger partial charge in [-0.15, -0.1) is 0 Å². The van der Waals surface area contributed by atoms with E-state index in [0.29, 0.717) is 0 Å². The molecule has 3 N–H and O–H groups in total. The van der Waals surface area contributed by atoms with Gasteiger partial charge in [-0.3, -0.25) is 9.50 Å². The Balaban J connectivity index is 1.45. The van der Waals surface area contributed by atoms with Crippen LogP contribution in [-0.4, -0.2) is 61.8 Å². The minimum atomic E-state index is -4.39. The molecule has 3 aromatic heterocycles. The van der Waals surface area contributed by atoms with Crippen molar-refractivity contribution in [3.05, 3.63) is 35.9 Å². The summed E-state index contributed by atoms with van der Waals surface area (Å²) in [4.78, 5) is 19.8. The van der Waals surface area contributed by atoms with Crippen molar-refractivity contribution in [3.63, 3.8) is 0 Å². The normalized spacial score (nSPS) is 21.0. The smallest absolute Gasteiger partial charge is 0.407 e. The van der Waals surface area contributed by atoms with Gasteiger partial charge in [-0.25, -0.2) is 19.2 Å². The number of anilines is 2. The minimum Gasteiger partial charge on any atom is -0.441 e. The summed E-state index contributed by atoms with van der Waals surface area (Å²) in [7, 11) is 0. The van der Waals surface area contributed by atoms with Crippen molar-refractivity contribution in [1.29, 1.82) is 0 Å². The van der Waals surface area contributed by atoms with Gasteiger partial charge in [0.1, 0.15) is 11.8 Å². The quantitative estimate of drug-likeness (QED) is 0.473. The van der Waals surface area contributed by atoms with Crippen LogP contribution in [0.15, 0.2) is 24.5 Å². The van der Waals surface area contributed by atoms with Gasteiger partial charge in [-0.05, 0) is 19.9 Å². The first kappa shape index (κ1) is 22.8. The molecule has 33 heavy (non-hydrogen) atoms. The summed E-state index contributed by atoms with van der Waals surface area (Å²) < 4.78 is 64.7. The molecule has 3 aromatic rings. The molecule has 0 radical (unpaired) electrons. The second kappa shape index (κ2) is 8.84. The van der Waals surface area contributed by atoms with Crippen LogP contribution in [0, 0.1) is 0 Å². The number of alkyl halides is 4. The molecule has 10 nitrogen and oxygen atoms in total. The highest BCUT2D eigenvalue weighted by Gasteiger charge is 2.42. The Hall–Kier alpha value is -3.42. The molecule has 14 heteroatoms. The minimum absolute atomic E-state index is 0.128. The van der Waals surface area contributed by atoms with E-state index in [2.05, 4.69) is 30.8 Å². The largest absolute Gasteiger partial charge is 0.441 e. The summed E-state index contributed by atoms with van der Waals surface area (Å²) >= 11 is 0. The zero-order valence-corrected chi connectivity index (χ0v) is 17.6. The van der Waals surface area contributed by atoms with E-state index in [1.807, 2.05) is 0 Å². The number of imidazole rings is 1. The number of nitrogens with zero attached hydrogens (tertiary/aromatic N) is 4. The van der Waals surface area contributed by atoms with Gasteiger partial charge in [0.15, 0.2) is 18.1 Å². The van der Waals surface area contributed by atoms with E-state index in [1.54, 1.807) is 13.8 Å². The van der Waals surface area contributed by atoms with E-state index in [-0.39, 0.29) is 41.4 Å². The van der Waals surface area contributed by atoms with Crippen molar-refractivity contribution < 1.29 is 31.8 Å². The summed E-state index contributed by atoms with van der Waals surface area (Å²) in [5.74, 6) is 0.399. The topological polar surface area (TPSA) is 118 Å². The lowest BCUT2D eigenvalue weighted by atomic mass is 10.1. The molecule has 1 saturated heterocycles. The van der Waals surface area contributed by atoms with Gasteiger partial charge in [-0.1, -0.05) is 0 Å². The van der Waals surface area contributed by atoms with Gasteiger partial charge in [0, 0.05) is 24.5 Å². The number of H-pyrrole nitrogens is 1. The summed E-state index contributed by atoms with van der Waals surface area (Å²) in [6.45, 7) is 3.37. The molecule has 0 bridgehead atoms. The van der Waals surface area contributed by atoms with Crippen molar-refractivity contribution in [1.82, 2.24) is 29.9 Å². The molecule has 1 amide bonds. The lowest BCUT2D eigenvalue weighted by molar-refractivity contribution is -0.127. The van der Waals surface area contributed by atoms with Crippen LogP contribution in [0.2, 0.25) is 0 Å². The number of carbonyl (C=O) groups excluding carboxylic acids is 1. The summed E-state index contributed by atoms with van der Waals surface area (Å²) in [6.07, 6.45) is -7.44. The number of alkyl carbamates (subject to hydrolysis) is 1. The SMILES string of the molecule is CC(C)NC(=O)O[C@@H]1CO[C@H](c2cc(Nc3nccc4nc(CC(F)(F)F)cn34)n[nH]2)[C@@H]1F. The van der Waals surface area contributed by atoms with Crippen molar-refractivity contribution in [2.75, 3.05) is 11.9 Å². The van der Waals surface area contributed by atoms with Crippen LogP contribution in [0.3, 0.4) is 0 Å². The van der Waals surface area contributed by atoms with Crippen LogP contribution in [-0.2, 0) is 15.9 Å². The first-order chi connectivity index (χ1) is 15.6. The maximum absolute atomic E-state index is 14.8. The molecule has 4 rings (SSSR count). The molecule has 0 saturated carbocycles. The predicted octanol–water partition coefficient (Wildman–Crippen LogP) is 3.21. The molecule has 178 valence electrons. The highest BCUT2D eigenvalue weighted by Crippen LogP contribution is 2.33. The molecule has 1 aliphatic rings. The van der Waals surface area contributed by atoms with Crippen molar-refractivity contribution in [3.8, 4) is 0 Å². The molecule has 0 aromatic carbocycles. The van der Waals surface area contributed by atoms with Crippen molar-refractivity contribution >= 4 is 23.5 Å². The Labute approximate surface area is 184 Å². The van der Waals surface area contributed by atoms with Crippen LogP contribution in [0.1, 0.15) is 31.3 Å². The van der Waals surface area contributed by atoms with Crippen LogP contribution in [0.25, 0.3) is 5.65 Å². The van der Waals surface area contributed by atoms with E-state index in [4.69, 9.17) is 9.47 Å². The Morgan fingerprint density at radius 1 is 1.42 bits per heavy atom. The maximum Gasteiger partial charge on any atom is 0.407 e. The second-order valence-electron chi connectivity index (χ2n) is 7.80. The summed E-state index contributed by atoms with van der Waals surface area (Å²) in [5.41, 5.74) is 0.398. The molecule has 1 fully saturated rings. The van der Waals surface area contributed by atoms with Crippen LogP contribution in [0.4, 0.5) is 34.1 Å². The summed E-state index contributed by atoms with van der Waals surface area (Å²) in [6, 6.07) is 2.78. The molecule has 0 spiro atoms. The third-order valence-corrected chi connectivity index (χ3v) is 4.71. The maximum atomic E-state index is 14.8. The average Bonchev–Trinajstić information content (AvgIpc) is 3.40. The van der Waals surface area contributed by atoms with Crippen LogP contribution >= 0.6 is 0 Å². The number of nitrogens with one attached hydrogen (secondary N) is 3. The number of hydrogen-bond donors (Lipinski definition) is 3. The first-order valence-electron chi connectivity index (χ1n) is 10.0. The van der Waals surface area contributed by atoms with Crippen molar-refractivity contribution in [2.24, 2.45) is 0 Å². The zero-order chi connectivity index (χ0) is 23.8. The Morgan fingerprint density at radius 2 is 2.21 bits per heavy atom. The number of aromatic amines is 1. The predicted molar refractivity (Wildman–Crippen MR) is 107 cm³/mol. The van der Waals surface area contributed by atoms with Gasteiger partial charge in [-0.2, -0.15) is 18.3 Å². The number of hydrogen-bond acceptors (Lipinski definition) is 7. The Bertz CT molecular complexity index is 1130. The molecule has 0 unspecified atom stereocenters. The van der Waals surface area contributed by atoms with Gasteiger partial charge in [0.25, 0.3) is 0 Å². The van der Waals surface area contributed by atoms with Gasteiger partial charge in [0.05, 0.1) is 24.4 Å². The molecule has 3 atom stereocenters. The molecular formula is C19H21F4N7O3. The third-order valence-electron chi connectivity index (χ3n) is 4.71. The standard InChI is InChI=1S/C19H21F4N7O3/c1-9(2)25-18(31)33-12-8-32-16(15(12)20)11-5-13(29-28-11)27-17-24-4-3-14-26-10(7-30(14)17)6-19(21,22)23/h3-5,7,9,12,15-16H,6,8H2,1-2H3,(H,25,31)(H2,24,27,28,29)/t12-,15-,16-/m1/s1. The van der Waals surface area contributed by atoms with Gasteiger partial charge >= 0.3 is 12.3 Å². The second-order valence-corrected chi connectivity index (χ2v) is 7.80. The zero-order valence-electron chi connectivity index (χ0n) is 17.6. The molecular weight excluding hydrogens is 450 g/mol. The highest BCUT2D eigenvalue weighted by molar-refractivity contribution is 5.67. The molecule has 1 aliphatic heterocycles. The number of ether oxygens (including phenoxy) is 2. The monoisotopic (exact) mass is 471 g/mol. The number of carbonyl (C=O) groups is 1.